The standard InChI is InChI=1S/C14H19BrN2O3S/c15-11-5-1-2-6-14(11)21(19,20)17-9-12(13(18)10-17)16-7-3-4-8-16/h1-2,5-6,12-13,18H,3-4,7-10H2/t12-,13-/m0/s1. The number of nitrogens with zero attached hydrogens (tertiary/aromatic N) is 2. The van der Waals surface area contributed by atoms with E-state index in [0.29, 0.717) is 11.0 Å². The quantitative estimate of drug-likeness (QED) is 0.865. The van der Waals surface area contributed by atoms with E-state index < -0.39 is 16.1 Å². The van der Waals surface area contributed by atoms with Crippen molar-refractivity contribution in [2.45, 2.75) is 29.9 Å². The predicted octanol–water partition coefficient (Wildman–Crippen LogP) is 1.28. The van der Waals surface area contributed by atoms with Crippen LogP contribution in [-0.4, -0.2) is 61.1 Å². The molecule has 1 N–H and O–H groups in total. The summed E-state index contributed by atoms with van der Waals surface area (Å²) in [5.41, 5.74) is 0. The second kappa shape index (κ2) is 5.96. The van der Waals surface area contributed by atoms with Crippen LogP contribution in [0.3, 0.4) is 0 Å². The number of β-amino-alcohol motifs (C(OH)–C–C–N with tert-alkyl or cyclic N) is 1. The first-order valence-electron chi connectivity index (χ1n) is 7.17. The SMILES string of the molecule is O=S(=O)(c1ccccc1Br)N1C[C@H](O)[C@@H](N2CCCC2)C1. The van der Waals surface area contributed by atoms with Gasteiger partial charge >= 0.3 is 0 Å². The maximum atomic E-state index is 12.7. The third-order valence-electron chi connectivity index (χ3n) is 4.29. The van der Waals surface area contributed by atoms with Gasteiger partial charge in [-0.1, -0.05) is 12.1 Å². The van der Waals surface area contributed by atoms with Gasteiger partial charge < -0.3 is 5.11 Å². The molecule has 0 aromatic heterocycles. The number of aliphatic hydroxyl groups excluding tert-OH is 1. The molecule has 2 fully saturated rings. The van der Waals surface area contributed by atoms with Gasteiger partial charge in [-0.15, -0.1) is 0 Å². The first-order valence-corrected chi connectivity index (χ1v) is 9.40. The molecule has 21 heavy (non-hydrogen) atoms. The number of aliphatic hydroxyl groups is 1. The molecule has 1 aromatic carbocycles. The molecule has 0 spiro atoms. The van der Waals surface area contributed by atoms with Crippen molar-refractivity contribution < 1.29 is 13.5 Å². The van der Waals surface area contributed by atoms with Gasteiger partial charge in [0, 0.05) is 17.6 Å². The Morgan fingerprint density at radius 1 is 1.14 bits per heavy atom. The Kier molecular flexibility index (Phi) is 4.38. The van der Waals surface area contributed by atoms with Crippen LogP contribution in [0.25, 0.3) is 0 Å². The summed E-state index contributed by atoms with van der Waals surface area (Å²) in [6, 6.07) is 6.73. The van der Waals surface area contributed by atoms with Crippen molar-refractivity contribution in [1.82, 2.24) is 9.21 Å². The lowest BCUT2D eigenvalue weighted by Gasteiger charge is -2.25. The van der Waals surface area contributed by atoms with Crippen molar-refractivity contribution in [3.63, 3.8) is 0 Å². The van der Waals surface area contributed by atoms with Crippen LogP contribution in [0.5, 0.6) is 0 Å². The van der Waals surface area contributed by atoms with Crippen molar-refractivity contribution >= 4 is 26.0 Å². The second-order valence-electron chi connectivity index (χ2n) is 5.63. The Balaban J connectivity index is 1.83. The first kappa shape index (κ1) is 15.4. The molecule has 2 saturated heterocycles. The Hall–Kier alpha value is -0.470. The van der Waals surface area contributed by atoms with Gasteiger partial charge in [0.05, 0.1) is 17.0 Å². The Labute approximate surface area is 133 Å². The number of halogens is 1. The number of sulfonamides is 1. The third kappa shape index (κ3) is 2.90. The van der Waals surface area contributed by atoms with E-state index in [0.717, 1.165) is 25.9 Å². The zero-order chi connectivity index (χ0) is 15.0. The summed E-state index contributed by atoms with van der Waals surface area (Å²) in [7, 11) is -3.56. The Bertz CT molecular complexity index is 616. The highest BCUT2D eigenvalue weighted by Crippen LogP contribution is 2.29. The van der Waals surface area contributed by atoms with Gasteiger partial charge in [0.15, 0.2) is 0 Å². The van der Waals surface area contributed by atoms with Gasteiger partial charge in [-0.05, 0) is 54.0 Å². The fraction of sp³-hybridized carbons (Fsp3) is 0.571. The molecule has 0 bridgehead atoms. The zero-order valence-electron chi connectivity index (χ0n) is 11.7. The van der Waals surface area contributed by atoms with Crippen LogP contribution < -0.4 is 0 Å². The molecule has 5 nitrogen and oxygen atoms in total. The van der Waals surface area contributed by atoms with Crippen molar-refractivity contribution in [2.24, 2.45) is 0 Å². The van der Waals surface area contributed by atoms with Crippen LogP contribution in [0.4, 0.5) is 0 Å². The van der Waals surface area contributed by atoms with Gasteiger partial charge in [0.2, 0.25) is 10.0 Å². The summed E-state index contributed by atoms with van der Waals surface area (Å²) < 4.78 is 27.4. The van der Waals surface area contributed by atoms with E-state index in [1.807, 2.05) is 0 Å². The van der Waals surface area contributed by atoms with E-state index in [-0.39, 0.29) is 17.5 Å². The minimum Gasteiger partial charge on any atom is -0.390 e. The minimum absolute atomic E-state index is 0.0789. The van der Waals surface area contributed by atoms with Crippen molar-refractivity contribution in [2.75, 3.05) is 26.2 Å². The molecule has 2 aliphatic heterocycles. The Morgan fingerprint density at radius 3 is 2.48 bits per heavy atom. The molecule has 0 unspecified atom stereocenters. The first-order chi connectivity index (χ1) is 10.00. The van der Waals surface area contributed by atoms with Crippen molar-refractivity contribution in [3.05, 3.63) is 28.7 Å². The fourth-order valence-electron chi connectivity index (χ4n) is 3.16. The van der Waals surface area contributed by atoms with Crippen LogP contribution in [0.1, 0.15) is 12.8 Å². The molecule has 3 rings (SSSR count). The minimum atomic E-state index is -3.56. The van der Waals surface area contributed by atoms with Crippen LogP contribution in [0.15, 0.2) is 33.6 Å². The molecule has 7 heteroatoms. The van der Waals surface area contributed by atoms with E-state index in [1.54, 1.807) is 24.3 Å². The van der Waals surface area contributed by atoms with Crippen molar-refractivity contribution in [1.29, 1.82) is 0 Å². The van der Waals surface area contributed by atoms with Gasteiger partial charge in [-0.3, -0.25) is 4.90 Å². The van der Waals surface area contributed by atoms with E-state index in [4.69, 9.17) is 0 Å². The van der Waals surface area contributed by atoms with E-state index in [2.05, 4.69) is 20.8 Å². The number of likely N-dealkylation sites (tertiary alicyclic amines) is 1. The molecule has 116 valence electrons. The molecule has 0 amide bonds. The lowest BCUT2D eigenvalue weighted by atomic mass is 10.2. The van der Waals surface area contributed by atoms with Gasteiger partial charge in [-0.25, -0.2) is 8.42 Å². The van der Waals surface area contributed by atoms with Gasteiger partial charge in [-0.2, -0.15) is 4.31 Å². The summed E-state index contributed by atoms with van der Waals surface area (Å²) in [6.07, 6.45) is 1.64. The second-order valence-corrected chi connectivity index (χ2v) is 8.39. The highest BCUT2D eigenvalue weighted by atomic mass is 79.9. The summed E-state index contributed by atoms with van der Waals surface area (Å²) in [5.74, 6) is 0. The summed E-state index contributed by atoms with van der Waals surface area (Å²) >= 11 is 3.30. The molecule has 2 atom stereocenters. The fourth-order valence-corrected chi connectivity index (χ4v) is 5.60. The number of benzene rings is 1. The topological polar surface area (TPSA) is 60.9 Å². The van der Waals surface area contributed by atoms with Crippen LogP contribution >= 0.6 is 15.9 Å². The maximum Gasteiger partial charge on any atom is 0.244 e. The lowest BCUT2D eigenvalue weighted by Crippen LogP contribution is -2.41. The largest absolute Gasteiger partial charge is 0.390 e. The van der Waals surface area contributed by atoms with E-state index >= 15 is 0 Å². The zero-order valence-corrected chi connectivity index (χ0v) is 14.1. The summed E-state index contributed by atoms with van der Waals surface area (Å²) in [5, 5.41) is 10.2. The molecular formula is C14H19BrN2O3S. The number of rotatable bonds is 3. The molecule has 0 aliphatic carbocycles. The highest BCUT2D eigenvalue weighted by Gasteiger charge is 2.42. The molecule has 1 aromatic rings. The van der Waals surface area contributed by atoms with E-state index in [9.17, 15) is 13.5 Å². The van der Waals surface area contributed by atoms with Crippen LogP contribution in [0.2, 0.25) is 0 Å². The van der Waals surface area contributed by atoms with Crippen LogP contribution in [0, 0.1) is 0 Å². The highest BCUT2D eigenvalue weighted by molar-refractivity contribution is 9.10. The molecular weight excluding hydrogens is 356 g/mol. The molecule has 0 saturated carbocycles. The number of hydrogen-bond donors (Lipinski definition) is 1. The van der Waals surface area contributed by atoms with Gasteiger partial charge in [0.1, 0.15) is 0 Å². The van der Waals surface area contributed by atoms with Gasteiger partial charge in [0.25, 0.3) is 0 Å². The smallest absolute Gasteiger partial charge is 0.244 e. The summed E-state index contributed by atoms with van der Waals surface area (Å²) in [4.78, 5) is 2.47. The monoisotopic (exact) mass is 374 g/mol. The number of hydrogen-bond acceptors (Lipinski definition) is 4. The lowest BCUT2D eigenvalue weighted by molar-refractivity contribution is 0.0983. The molecule has 2 aliphatic rings. The molecule has 0 radical (unpaired) electrons. The summed E-state index contributed by atoms with van der Waals surface area (Å²) in [6.45, 7) is 2.44. The van der Waals surface area contributed by atoms with Crippen molar-refractivity contribution in [3.8, 4) is 0 Å². The third-order valence-corrected chi connectivity index (χ3v) is 7.13. The molecule has 2 heterocycles. The normalized spacial score (nSPS) is 28.3. The average molecular weight is 375 g/mol. The maximum absolute atomic E-state index is 12.7. The average Bonchev–Trinajstić information content (AvgIpc) is 3.08. The van der Waals surface area contributed by atoms with Crippen LogP contribution in [-0.2, 0) is 10.0 Å². The predicted molar refractivity (Wildman–Crippen MR) is 83.5 cm³/mol. The Morgan fingerprint density at radius 2 is 1.81 bits per heavy atom. The van der Waals surface area contributed by atoms with E-state index in [1.165, 1.54) is 4.31 Å².